The van der Waals surface area contributed by atoms with E-state index in [-0.39, 0.29) is 11.4 Å². The van der Waals surface area contributed by atoms with E-state index < -0.39 is 5.91 Å². The number of ether oxygens (including phenoxy) is 1. The fourth-order valence-electron chi connectivity index (χ4n) is 3.21. The molecule has 0 spiro atoms. The van der Waals surface area contributed by atoms with Crippen molar-refractivity contribution in [2.45, 2.75) is 6.42 Å². The SMILES string of the molecule is COc1ccc(CC#Cc2ccc3c(c2)C(=O)/C(=C\c2ccc(Cl)cc2)C(=O)N3)cc1. The van der Waals surface area contributed by atoms with E-state index in [0.29, 0.717) is 28.3 Å². The van der Waals surface area contributed by atoms with E-state index in [1.54, 1.807) is 55.7 Å². The van der Waals surface area contributed by atoms with Gasteiger partial charge in [0.2, 0.25) is 5.78 Å². The van der Waals surface area contributed by atoms with Gasteiger partial charge in [-0.25, -0.2) is 0 Å². The van der Waals surface area contributed by atoms with Crippen molar-refractivity contribution in [2.75, 3.05) is 12.4 Å². The van der Waals surface area contributed by atoms with Gasteiger partial charge in [-0.1, -0.05) is 47.7 Å². The fourth-order valence-corrected chi connectivity index (χ4v) is 3.33. The largest absolute Gasteiger partial charge is 0.497 e. The molecule has 0 saturated heterocycles. The van der Waals surface area contributed by atoms with Gasteiger partial charge in [-0.3, -0.25) is 9.59 Å². The molecule has 0 saturated carbocycles. The lowest BCUT2D eigenvalue weighted by molar-refractivity contribution is -0.112. The second-order valence-corrected chi connectivity index (χ2v) is 7.42. The quantitative estimate of drug-likeness (QED) is 0.357. The summed E-state index contributed by atoms with van der Waals surface area (Å²) in [6.07, 6.45) is 2.15. The molecule has 152 valence electrons. The standard InChI is InChI=1S/C26H18ClNO3/c1-31-21-12-7-17(8-13-21)3-2-4-18-9-14-24-22(15-18)25(29)23(26(30)28-24)16-19-5-10-20(27)11-6-19/h5-16H,3H2,1H3,(H,28,30)/b23-16+. The number of Topliss-reactive ketones (excluding diaryl/α,β-unsaturated/α-hetero) is 1. The van der Waals surface area contributed by atoms with Gasteiger partial charge in [-0.05, 0) is 59.7 Å². The number of hydrogen-bond acceptors (Lipinski definition) is 3. The van der Waals surface area contributed by atoms with E-state index >= 15 is 0 Å². The van der Waals surface area contributed by atoms with Crippen LogP contribution in [0, 0.1) is 11.8 Å². The third kappa shape index (κ3) is 4.69. The van der Waals surface area contributed by atoms with Gasteiger partial charge >= 0.3 is 0 Å². The molecule has 3 aromatic rings. The third-order valence-electron chi connectivity index (χ3n) is 4.87. The molecular formula is C26H18ClNO3. The van der Waals surface area contributed by atoms with E-state index in [1.807, 2.05) is 24.3 Å². The lowest BCUT2D eigenvalue weighted by atomic mass is 9.94. The number of hydrogen-bond donors (Lipinski definition) is 1. The Kier molecular flexibility index (Phi) is 5.88. The van der Waals surface area contributed by atoms with Gasteiger partial charge in [0, 0.05) is 22.6 Å². The van der Waals surface area contributed by atoms with Crippen molar-refractivity contribution in [1.29, 1.82) is 0 Å². The number of carbonyl (C=O) groups excluding carboxylic acids is 2. The summed E-state index contributed by atoms with van der Waals surface area (Å²) >= 11 is 5.91. The molecular weight excluding hydrogens is 410 g/mol. The van der Waals surface area contributed by atoms with Crippen LogP contribution in [0.1, 0.15) is 27.0 Å². The number of anilines is 1. The van der Waals surface area contributed by atoms with Crippen LogP contribution in [0.25, 0.3) is 6.08 Å². The molecule has 0 fully saturated rings. The van der Waals surface area contributed by atoms with Gasteiger partial charge < -0.3 is 10.1 Å². The number of rotatable bonds is 3. The zero-order valence-electron chi connectivity index (χ0n) is 16.7. The van der Waals surface area contributed by atoms with Crippen molar-refractivity contribution in [3.8, 4) is 17.6 Å². The first-order valence-corrected chi connectivity index (χ1v) is 10.0. The van der Waals surface area contributed by atoms with Gasteiger partial charge in [-0.15, -0.1) is 0 Å². The van der Waals surface area contributed by atoms with Gasteiger partial charge in [0.1, 0.15) is 5.75 Å². The van der Waals surface area contributed by atoms with Gasteiger partial charge in [0.15, 0.2) is 0 Å². The van der Waals surface area contributed by atoms with Crippen LogP contribution in [0.5, 0.6) is 5.75 Å². The summed E-state index contributed by atoms with van der Waals surface area (Å²) in [5, 5.41) is 3.37. The fraction of sp³-hybridized carbons (Fsp3) is 0.0769. The van der Waals surface area contributed by atoms with Crippen molar-refractivity contribution in [3.63, 3.8) is 0 Å². The first-order chi connectivity index (χ1) is 15.0. The number of benzene rings is 3. The number of carbonyl (C=O) groups is 2. The highest BCUT2D eigenvalue weighted by molar-refractivity contribution is 6.36. The maximum atomic E-state index is 13.0. The molecule has 4 nitrogen and oxygen atoms in total. The Morgan fingerprint density at radius 2 is 1.74 bits per heavy atom. The van der Waals surface area contributed by atoms with E-state index in [2.05, 4.69) is 17.2 Å². The van der Waals surface area contributed by atoms with E-state index in [9.17, 15) is 9.59 Å². The molecule has 1 amide bonds. The molecule has 3 aromatic carbocycles. The molecule has 0 bridgehead atoms. The Morgan fingerprint density at radius 3 is 2.45 bits per heavy atom. The summed E-state index contributed by atoms with van der Waals surface area (Å²) in [6.45, 7) is 0. The van der Waals surface area contributed by atoms with Crippen molar-refractivity contribution in [3.05, 3.63) is 99.6 Å². The summed E-state index contributed by atoms with van der Waals surface area (Å²) in [7, 11) is 1.63. The maximum absolute atomic E-state index is 13.0. The highest BCUT2D eigenvalue weighted by Crippen LogP contribution is 2.27. The molecule has 0 aliphatic carbocycles. The normalized spacial score (nSPS) is 13.8. The first-order valence-electron chi connectivity index (χ1n) is 9.62. The predicted octanol–water partition coefficient (Wildman–Crippen LogP) is 5.16. The summed E-state index contributed by atoms with van der Waals surface area (Å²) in [5.74, 6) is 6.27. The molecule has 1 aliphatic heterocycles. The Hall–Kier alpha value is -3.81. The van der Waals surface area contributed by atoms with Crippen LogP contribution in [0.2, 0.25) is 5.02 Å². The molecule has 0 aromatic heterocycles. The monoisotopic (exact) mass is 427 g/mol. The molecule has 5 heteroatoms. The highest BCUT2D eigenvalue weighted by Gasteiger charge is 2.28. The summed E-state index contributed by atoms with van der Waals surface area (Å²) in [5.41, 5.74) is 3.50. The Balaban J connectivity index is 1.57. The van der Waals surface area contributed by atoms with Crippen LogP contribution in [0.3, 0.4) is 0 Å². The van der Waals surface area contributed by atoms with Crippen LogP contribution in [0.4, 0.5) is 5.69 Å². The molecule has 0 unspecified atom stereocenters. The molecule has 0 atom stereocenters. The van der Waals surface area contributed by atoms with Crippen molar-refractivity contribution in [2.24, 2.45) is 0 Å². The highest BCUT2D eigenvalue weighted by atomic mass is 35.5. The second kappa shape index (κ2) is 8.91. The number of ketones is 1. The van der Waals surface area contributed by atoms with Crippen molar-refractivity contribution < 1.29 is 14.3 Å². The molecule has 31 heavy (non-hydrogen) atoms. The van der Waals surface area contributed by atoms with E-state index in [1.165, 1.54) is 0 Å². The lowest BCUT2D eigenvalue weighted by Crippen LogP contribution is -2.27. The average molecular weight is 428 g/mol. The predicted molar refractivity (Wildman–Crippen MR) is 122 cm³/mol. The molecule has 1 heterocycles. The third-order valence-corrected chi connectivity index (χ3v) is 5.12. The average Bonchev–Trinajstić information content (AvgIpc) is 2.79. The maximum Gasteiger partial charge on any atom is 0.259 e. The van der Waals surface area contributed by atoms with Crippen LogP contribution in [-0.2, 0) is 11.2 Å². The number of halogens is 1. The van der Waals surface area contributed by atoms with Crippen LogP contribution in [0.15, 0.2) is 72.3 Å². The lowest BCUT2D eigenvalue weighted by Gasteiger charge is -2.18. The van der Waals surface area contributed by atoms with Crippen molar-refractivity contribution in [1.82, 2.24) is 0 Å². The molecule has 1 aliphatic rings. The molecule has 0 radical (unpaired) electrons. The topological polar surface area (TPSA) is 55.4 Å². The first kappa shape index (κ1) is 20.5. The van der Waals surface area contributed by atoms with Gasteiger partial charge in [0.05, 0.1) is 18.4 Å². The summed E-state index contributed by atoms with van der Waals surface area (Å²) in [6, 6.07) is 19.9. The smallest absolute Gasteiger partial charge is 0.259 e. The minimum atomic E-state index is -0.425. The number of fused-ring (bicyclic) bond motifs is 1. The number of nitrogens with one attached hydrogen (secondary N) is 1. The minimum absolute atomic E-state index is 0.0816. The number of methoxy groups -OCH3 is 1. The number of amides is 1. The minimum Gasteiger partial charge on any atom is -0.497 e. The molecule has 1 N–H and O–H groups in total. The van der Waals surface area contributed by atoms with Crippen molar-refractivity contribution >= 4 is 35.1 Å². The summed E-state index contributed by atoms with van der Waals surface area (Å²) in [4.78, 5) is 25.4. The van der Waals surface area contributed by atoms with Crippen LogP contribution in [-0.4, -0.2) is 18.8 Å². The van der Waals surface area contributed by atoms with Gasteiger partial charge in [0.25, 0.3) is 5.91 Å². The van der Waals surface area contributed by atoms with E-state index in [4.69, 9.17) is 16.3 Å². The summed E-state index contributed by atoms with van der Waals surface area (Å²) < 4.78 is 5.16. The Bertz CT molecular complexity index is 1250. The second-order valence-electron chi connectivity index (χ2n) is 6.98. The Labute approximate surface area is 185 Å². The van der Waals surface area contributed by atoms with Gasteiger partial charge in [-0.2, -0.15) is 0 Å². The molecule has 4 rings (SSSR count). The Morgan fingerprint density at radius 1 is 1.00 bits per heavy atom. The van der Waals surface area contributed by atoms with Crippen LogP contribution >= 0.6 is 11.6 Å². The van der Waals surface area contributed by atoms with E-state index in [0.717, 1.165) is 16.9 Å². The zero-order chi connectivity index (χ0) is 21.8. The zero-order valence-corrected chi connectivity index (χ0v) is 17.5. The van der Waals surface area contributed by atoms with Crippen LogP contribution < -0.4 is 10.1 Å².